The van der Waals surface area contributed by atoms with Crippen molar-refractivity contribution < 1.29 is 14.3 Å². The van der Waals surface area contributed by atoms with E-state index in [0.717, 1.165) is 16.7 Å². The Bertz CT molecular complexity index is 731. The number of rotatable bonds is 3. The standard InChI is InChI=1S/C16H11ClO3/c17-14(18)8-12-11-6-7-20-9-13(11)15(16(12)19)10-4-2-1-3-5-10/h1-7,9,19H,8H2. The van der Waals surface area contributed by atoms with Crippen molar-refractivity contribution in [3.05, 3.63) is 54.5 Å². The minimum absolute atomic E-state index is 0.0132. The molecule has 3 nitrogen and oxygen atoms in total. The zero-order valence-electron chi connectivity index (χ0n) is 10.5. The summed E-state index contributed by atoms with van der Waals surface area (Å²) < 4.78 is 5.20. The Morgan fingerprint density at radius 1 is 1.15 bits per heavy atom. The summed E-state index contributed by atoms with van der Waals surface area (Å²) in [7, 11) is 0. The molecule has 20 heavy (non-hydrogen) atoms. The molecule has 0 unspecified atom stereocenters. The van der Waals surface area contributed by atoms with Gasteiger partial charge < -0.3 is 9.52 Å². The third kappa shape index (κ3) is 2.06. The van der Waals surface area contributed by atoms with Gasteiger partial charge in [0, 0.05) is 16.7 Å². The molecule has 3 rings (SSSR count). The molecule has 0 aromatic heterocycles. The van der Waals surface area contributed by atoms with Gasteiger partial charge in [-0.2, -0.15) is 0 Å². The molecule has 1 N–H and O–H groups in total. The van der Waals surface area contributed by atoms with Gasteiger partial charge >= 0.3 is 0 Å². The number of carbonyl (C=O) groups excluding carboxylic acids is 1. The van der Waals surface area contributed by atoms with Crippen LogP contribution in [0.1, 0.15) is 5.56 Å². The monoisotopic (exact) mass is 286 g/mol. The van der Waals surface area contributed by atoms with Gasteiger partial charge in [-0.25, -0.2) is 0 Å². The first-order chi connectivity index (χ1) is 9.68. The lowest BCUT2D eigenvalue weighted by atomic mass is 10.0. The highest BCUT2D eigenvalue weighted by atomic mass is 35.5. The van der Waals surface area contributed by atoms with E-state index in [1.165, 1.54) is 6.26 Å². The molecule has 4 heteroatoms. The Kier molecular flexibility index (Phi) is 3.20. The maximum atomic E-state index is 11.2. The smallest absolute Gasteiger partial charge is 0.226 e. The quantitative estimate of drug-likeness (QED) is 0.739. The van der Waals surface area contributed by atoms with Crippen LogP contribution >= 0.6 is 11.6 Å². The molecule has 0 saturated heterocycles. The lowest BCUT2D eigenvalue weighted by molar-refractivity contribution is -0.111. The molecule has 100 valence electrons. The van der Waals surface area contributed by atoms with Gasteiger partial charge in [-0.05, 0) is 28.8 Å². The number of halogens is 1. The lowest BCUT2D eigenvalue weighted by Crippen LogP contribution is -1.93. The summed E-state index contributed by atoms with van der Waals surface area (Å²) in [6, 6.07) is 11.2. The first-order valence-electron chi connectivity index (χ1n) is 6.12. The summed E-state index contributed by atoms with van der Waals surface area (Å²) in [4.78, 5) is 11.2. The Balaban J connectivity index is 2.28. The van der Waals surface area contributed by atoms with Gasteiger partial charge in [0.2, 0.25) is 5.24 Å². The fourth-order valence-corrected chi connectivity index (χ4v) is 2.58. The molecule has 0 fully saturated rings. The largest absolute Gasteiger partial charge is 0.507 e. The number of carbonyl (C=O) groups is 1. The van der Waals surface area contributed by atoms with E-state index in [9.17, 15) is 9.90 Å². The third-order valence-electron chi connectivity index (χ3n) is 3.28. The molecule has 0 spiro atoms. The first-order valence-corrected chi connectivity index (χ1v) is 6.49. The van der Waals surface area contributed by atoms with E-state index in [1.54, 1.807) is 12.3 Å². The van der Waals surface area contributed by atoms with Gasteiger partial charge in [-0.15, -0.1) is 0 Å². The van der Waals surface area contributed by atoms with Gasteiger partial charge in [0.05, 0.1) is 18.9 Å². The zero-order chi connectivity index (χ0) is 14.1. The Labute approximate surface area is 120 Å². The average molecular weight is 287 g/mol. The molecule has 0 bridgehead atoms. The van der Waals surface area contributed by atoms with Crippen LogP contribution in [0.2, 0.25) is 0 Å². The van der Waals surface area contributed by atoms with Gasteiger partial charge in [0.1, 0.15) is 5.75 Å². The number of benzene rings is 1. The summed E-state index contributed by atoms with van der Waals surface area (Å²) in [5, 5.41) is 9.96. The van der Waals surface area contributed by atoms with Crippen molar-refractivity contribution in [2.75, 3.05) is 0 Å². The number of aromatic hydroxyl groups is 1. The van der Waals surface area contributed by atoms with E-state index in [0.29, 0.717) is 11.1 Å². The van der Waals surface area contributed by atoms with E-state index in [4.69, 9.17) is 16.0 Å². The fraction of sp³-hybridized carbons (Fsp3) is 0.0625. The molecule has 0 saturated carbocycles. The Hall–Kier alpha value is -2.26. The van der Waals surface area contributed by atoms with Crippen molar-refractivity contribution in [2.45, 2.75) is 6.42 Å². The van der Waals surface area contributed by atoms with Crippen LogP contribution in [0.4, 0.5) is 0 Å². The molecule has 0 radical (unpaired) electrons. The second kappa shape index (κ2) is 5.02. The minimum Gasteiger partial charge on any atom is -0.507 e. The molecular formula is C16H11ClO3. The topological polar surface area (TPSA) is 50.4 Å². The predicted octanol–water partition coefficient (Wildman–Crippen LogP) is 4.06. The van der Waals surface area contributed by atoms with E-state index >= 15 is 0 Å². The number of hydrogen-bond acceptors (Lipinski definition) is 3. The maximum Gasteiger partial charge on any atom is 0.226 e. The number of hydrogen-bond donors (Lipinski definition) is 1. The lowest BCUT2D eigenvalue weighted by Gasteiger charge is -2.03. The minimum atomic E-state index is -0.507. The highest BCUT2D eigenvalue weighted by molar-refractivity contribution is 6.63. The summed E-state index contributed by atoms with van der Waals surface area (Å²) in [6.45, 7) is 0. The van der Waals surface area contributed by atoms with Gasteiger partial charge in [0.15, 0.2) is 0 Å². The van der Waals surface area contributed by atoms with Crippen LogP contribution in [0.25, 0.3) is 22.3 Å². The van der Waals surface area contributed by atoms with Crippen LogP contribution < -0.4 is 0 Å². The van der Waals surface area contributed by atoms with Gasteiger partial charge in [-0.1, -0.05) is 30.3 Å². The Morgan fingerprint density at radius 3 is 2.60 bits per heavy atom. The van der Waals surface area contributed by atoms with Crippen molar-refractivity contribution in [2.24, 2.45) is 0 Å². The maximum absolute atomic E-state index is 11.2. The molecule has 1 aromatic carbocycles. The molecule has 0 atom stereocenters. The van der Waals surface area contributed by atoms with Crippen molar-refractivity contribution in [1.82, 2.24) is 0 Å². The van der Waals surface area contributed by atoms with Crippen LogP contribution in [0.3, 0.4) is 0 Å². The van der Waals surface area contributed by atoms with Crippen LogP contribution in [0.15, 0.2) is 53.3 Å². The normalized spacial score (nSPS) is 10.8. The van der Waals surface area contributed by atoms with E-state index in [-0.39, 0.29) is 12.2 Å². The summed E-state index contributed by atoms with van der Waals surface area (Å²) in [6.07, 6.45) is 3.07. The van der Waals surface area contributed by atoms with E-state index in [2.05, 4.69) is 0 Å². The molecule has 1 aliphatic heterocycles. The molecule has 1 aromatic rings. The first kappa shape index (κ1) is 12.8. The second-order valence-electron chi connectivity index (χ2n) is 4.48. The molecule has 2 aliphatic rings. The second-order valence-corrected chi connectivity index (χ2v) is 4.91. The molecule has 1 aliphatic carbocycles. The average Bonchev–Trinajstić information content (AvgIpc) is 2.72. The van der Waals surface area contributed by atoms with Gasteiger partial charge in [0.25, 0.3) is 0 Å². The van der Waals surface area contributed by atoms with Crippen LogP contribution in [0.5, 0.6) is 5.75 Å². The highest BCUT2D eigenvalue weighted by Crippen LogP contribution is 2.47. The fourth-order valence-electron chi connectivity index (χ4n) is 2.45. The number of fused-ring (bicyclic) bond motifs is 1. The molecule has 0 amide bonds. The SMILES string of the molecule is O=C(Cl)Cc1c2ccocc-2c(-c2ccccc2)c1O. The van der Waals surface area contributed by atoms with Crippen molar-refractivity contribution in [3.63, 3.8) is 0 Å². The summed E-state index contributed by atoms with van der Waals surface area (Å²) in [5.41, 5.74) is 3.61. The Morgan fingerprint density at radius 2 is 1.90 bits per heavy atom. The van der Waals surface area contributed by atoms with Crippen LogP contribution in [-0.4, -0.2) is 10.3 Å². The van der Waals surface area contributed by atoms with Crippen LogP contribution in [0, 0.1) is 0 Å². The van der Waals surface area contributed by atoms with E-state index < -0.39 is 5.24 Å². The van der Waals surface area contributed by atoms with Gasteiger partial charge in [-0.3, -0.25) is 4.79 Å². The van der Waals surface area contributed by atoms with E-state index in [1.807, 2.05) is 30.3 Å². The highest BCUT2D eigenvalue weighted by Gasteiger charge is 2.25. The molecular weight excluding hydrogens is 276 g/mol. The predicted molar refractivity (Wildman–Crippen MR) is 77.0 cm³/mol. The van der Waals surface area contributed by atoms with Crippen molar-refractivity contribution >= 4 is 16.8 Å². The van der Waals surface area contributed by atoms with Crippen LogP contribution in [-0.2, 0) is 11.2 Å². The zero-order valence-corrected chi connectivity index (χ0v) is 11.2. The molecule has 1 heterocycles. The third-order valence-corrected chi connectivity index (χ3v) is 3.42. The summed E-state index contributed by atoms with van der Waals surface area (Å²) in [5.74, 6) is 0.0848. The van der Waals surface area contributed by atoms with Crippen molar-refractivity contribution in [1.29, 1.82) is 0 Å². The summed E-state index contributed by atoms with van der Waals surface area (Å²) >= 11 is 5.47. The van der Waals surface area contributed by atoms with Crippen molar-refractivity contribution in [3.8, 4) is 28.0 Å².